The number of terminal acetylenes is 1. The van der Waals surface area contributed by atoms with Gasteiger partial charge in [0, 0.05) is 55.6 Å². The summed E-state index contributed by atoms with van der Waals surface area (Å²) in [4.78, 5) is 38.1. The van der Waals surface area contributed by atoms with E-state index in [1.54, 1.807) is 18.1 Å². The number of nitrogens with zero attached hydrogens (tertiary/aromatic N) is 4. The smallest absolute Gasteiger partial charge is 0.273 e. The SMILES string of the molecule is C#C[C@]1(O)CC[C@H]2[C@@H]3CCc4cc(OC)c(CN5CCN(C(=O)[C@@H]6CCCN6C(=O)c6ccc7ccccc7n6)CC5)cc4[C@H]3CC[C@@]21C. The average molecular weight is 661 g/mol. The molecule has 4 fully saturated rings. The van der Waals surface area contributed by atoms with Crippen LogP contribution in [0, 0.1) is 29.6 Å². The summed E-state index contributed by atoms with van der Waals surface area (Å²) in [7, 11) is 1.76. The molecule has 8 nitrogen and oxygen atoms in total. The van der Waals surface area contributed by atoms with Gasteiger partial charge >= 0.3 is 0 Å². The molecule has 8 rings (SSSR count). The van der Waals surface area contributed by atoms with Crippen molar-refractivity contribution in [2.45, 2.75) is 82.4 Å². The highest BCUT2D eigenvalue weighted by atomic mass is 16.5. The van der Waals surface area contributed by atoms with Crippen LogP contribution in [-0.2, 0) is 17.8 Å². The third-order valence-corrected chi connectivity index (χ3v) is 13.2. The molecule has 0 bridgehead atoms. The van der Waals surface area contributed by atoms with E-state index in [0.29, 0.717) is 55.9 Å². The van der Waals surface area contributed by atoms with Crippen LogP contribution in [0.5, 0.6) is 5.75 Å². The average Bonchev–Trinajstić information content (AvgIpc) is 3.73. The van der Waals surface area contributed by atoms with Crippen LogP contribution < -0.4 is 4.74 Å². The van der Waals surface area contributed by atoms with E-state index in [4.69, 9.17) is 11.2 Å². The summed E-state index contributed by atoms with van der Waals surface area (Å²) in [6, 6.07) is 15.7. The number of likely N-dealkylation sites (tertiary alicyclic amines) is 1. The van der Waals surface area contributed by atoms with Gasteiger partial charge in [0.1, 0.15) is 23.1 Å². The quantitative estimate of drug-likeness (QED) is 0.369. The van der Waals surface area contributed by atoms with Crippen molar-refractivity contribution in [3.05, 3.63) is 70.9 Å². The molecule has 3 aromatic rings. The first-order valence-corrected chi connectivity index (χ1v) is 18.3. The lowest BCUT2D eigenvalue weighted by Gasteiger charge is -2.52. The molecule has 1 N–H and O–H groups in total. The highest BCUT2D eigenvalue weighted by Crippen LogP contribution is 2.64. The first-order valence-electron chi connectivity index (χ1n) is 18.3. The van der Waals surface area contributed by atoms with E-state index in [2.05, 4.69) is 34.9 Å². The summed E-state index contributed by atoms with van der Waals surface area (Å²) in [5.74, 6) is 5.12. The molecular weight excluding hydrogens is 612 g/mol. The van der Waals surface area contributed by atoms with Gasteiger partial charge in [-0.15, -0.1) is 6.42 Å². The van der Waals surface area contributed by atoms with Gasteiger partial charge in [-0.2, -0.15) is 0 Å². The summed E-state index contributed by atoms with van der Waals surface area (Å²) in [6.45, 7) is 6.42. The van der Waals surface area contributed by atoms with E-state index in [1.165, 1.54) is 16.7 Å². The number of hydrogen-bond acceptors (Lipinski definition) is 6. The van der Waals surface area contributed by atoms with Gasteiger partial charge in [-0.05, 0) is 98.4 Å². The van der Waals surface area contributed by atoms with Crippen LogP contribution in [0.25, 0.3) is 10.9 Å². The highest BCUT2D eigenvalue weighted by molar-refractivity contribution is 5.98. The number of rotatable bonds is 5. The number of aryl methyl sites for hydroxylation is 1. The molecule has 256 valence electrons. The van der Waals surface area contributed by atoms with Crippen molar-refractivity contribution in [1.82, 2.24) is 19.7 Å². The third-order valence-electron chi connectivity index (χ3n) is 13.2. The first kappa shape index (κ1) is 32.3. The molecule has 2 saturated carbocycles. The zero-order chi connectivity index (χ0) is 33.9. The molecule has 6 atom stereocenters. The maximum Gasteiger partial charge on any atom is 0.273 e. The van der Waals surface area contributed by atoms with Gasteiger partial charge in [0.15, 0.2) is 0 Å². The summed E-state index contributed by atoms with van der Waals surface area (Å²) < 4.78 is 5.95. The molecule has 3 heterocycles. The van der Waals surface area contributed by atoms with Gasteiger partial charge in [-0.25, -0.2) is 4.98 Å². The molecule has 49 heavy (non-hydrogen) atoms. The second kappa shape index (κ2) is 12.4. The minimum Gasteiger partial charge on any atom is -0.496 e. The Kier molecular flexibility index (Phi) is 8.20. The number of para-hydroxylation sites is 1. The summed E-state index contributed by atoms with van der Waals surface area (Å²) >= 11 is 0. The normalized spacial score (nSPS) is 31.1. The molecule has 1 aromatic heterocycles. The van der Waals surface area contributed by atoms with Crippen molar-refractivity contribution in [3.8, 4) is 18.1 Å². The minimum absolute atomic E-state index is 0.0524. The predicted octanol–water partition coefficient (Wildman–Crippen LogP) is 5.41. The zero-order valence-corrected chi connectivity index (χ0v) is 28.9. The van der Waals surface area contributed by atoms with E-state index in [0.717, 1.165) is 74.8 Å². The van der Waals surface area contributed by atoms with E-state index in [-0.39, 0.29) is 17.2 Å². The number of amides is 2. The van der Waals surface area contributed by atoms with Crippen molar-refractivity contribution in [2.75, 3.05) is 39.8 Å². The number of methoxy groups -OCH3 is 1. The Hall–Kier alpha value is -3.93. The van der Waals surface area contributed by atoms with Crippen LogP contribution in [0.4, 0.5) is 0 Å². The first-order chi connectivity index (χ1) is 23.7. The van der Waals surface area contributed by atoms with Crippen LogP contribution in [-0.4, -0.2) is 88.1 Å². The van der Waals surface area contributed by atoms with Crippen LogP contribution in [0.3, 0.4) is 0 Å². The van der Waals surface area contributed by atoms with Crippen LogP contribution in [0.1, 0.15) is 85.0 Å². The van der Waals surface area contributed by atoms with E-state index < -0.39 is 11.6 Å². The fourth-order valence-corrected chi connectivity index (χ4v) is 10.4. The van der Waals surface area contributed by atoms with Crippen molar-refractivity contribution in [3.63, 3.8) is 0 Å². The molecule has 3 aliphatic carbocycles. The number of carbonyl (C=O) groups is 2. The fraction of sp³-hybridized carbons (Fsp3) is 0.537. The van der Waals surface area contributed by atoms with Gasteiger partial charge in [-0.3, -0.25) is 14.5 Å². The number of pyridine rings is 1. The summed E-state index contributed by atoms with van der Waals surface area (Å²) in [5.41, 5.74) is 4.06. The second-order valence-electron chi connectivity index (χ2n) is 15.4. The maximum atomic E-state index is 13.8. The number of ether oxygens (including phenoxy) is 1. The van der Waals surface area contributed by atoms with Gasteiger partial charge in [0.05, 0.1) is 12.6 Å². The lowest BCUT2D eigenvalue weighted by Crippen LogP contribution is -2.54. The van der Waals surface area contributed by atoms with Gasteiger partial charge in [-0.1, -0.05) is 43.2 Å². The lowest BCUT2D eigenvalue weighted by molar-refractivity contribution is -0.137. The van der Waals surface area contributed by atoms with Crippen LogP contribution >= 0.6 is 0 Å². The van der Waals surface area contributed by atoms with Gasteiger partial charge < -0.3 is 19.6 Å². The number of carbonyl (C=O) groups excluding carboxylic acids is 2. The third kappa shape index (κ3) is 5.32. The standard InChI is InChI=1S/C41H48N4O4/c1-4-41(48)18-16-33-31-13-11-28-25-37(49-3)29(24-32(28)30(31)15-17-40(33,41)2)26-43-20-22-44(23-21-43)39(47)36-10-7-19-45(36)38(46)35-14-12-27-8-5-6-9-34(27)42-35/h1,5-6,8-9,12,14,24-25,30-31,33,36,48H,7,10-11,13,15-23,26H2,2-3H3/t30-,31+,33-,36-,40-,41-/m0/s1. The monoisotopic (exact) mass is 660 g/mol. The highest BCUT2D eigenvalue weighted by Gasteiger charge is 2.61. The van der Waals surface area contributed by atoms with Gasteiger partial charge in [0.25, 0.3) is 5.91 Å². The Morgan fingerprint density at radius 1 is 1.02 bits per heavy atom. The van der Waals surface area contributed by atoms with E-state index in [9.17, 15) is 14.7 Å². The molecule has 2 saturated heterocycles. The largest absolute Gasteiger partial charge is 0.496 e. The Bertz CT molecular complexity index is 1830. The molecule has 5 aliphatic rings. The van der Waals surface area contributed by atoms with Gasteiger partial charge in [0.2, 0.25) is 5.91 Å². The number of fused-ring (bicyclic) bond motifs is 6. The Balaban J connectivity index is 0.931. The molecule has 0 unspecified atom stereocenters. The van der Waals surface area contributed by atoms with Crippen LogP contribution in [0.15, 0.2) is 48.5 Å². The van der Waals surface area contributed by atoms with Crippen molar-refractivity contribution in [1.29, 1.82) is 0 Å². The topological polar surface area (TPSA) is 86.2 Å². The molecule has 2 amide bonds. The number of aliphatic hydroxyl groups is 1. The Labute approximate surface area is 289 Å². The van der Waals surface area contributed by atoms with E-state index in [1.807, 2.05) is 35.2 Å². The Morgan fingerprint density at radius 3 is 2.63 bits per heavy atom. The molecule has 0 spiro atoms. The molecular formula is C41H48N4O4. The summed E-state index contributed by atoms with van der Waals surface area (Å²) in [5, 5.41) is 12.4. The van der Waals surface area contributed by atoms with Crippen molar-refractivity contribution < 1.29 is 19.4 Å². The number of hydrogen-bond donors (Lipinski definition) is 1. The molecule has 2 aliphatic heterocycles. The van der Waals surface area contributed by atoms with Crippen molar-refractivity contribution in [2.24, 2.45) is 17.3 Å². The van der Waals surface area contributed by atoms with Crippen molar-refractivity contribution >= 4 is 22.7 Å². The minimum atomic E-state index is -0.989. The Morgan fingerprint density at radius 2 is 1.84 bits per heavy atom. The number of piperazine rings is 1. The summed E-state index contributed by atoms with van der Waals surface area (Å²) in [6.07, 6.45) is 13.3. The maximum absolute atomic E-state index is 13.8. The molecule has 0 radical (unpaired) electrons. The zero-order valence-electron chi connectivity index (χ0n) is 28.9. The fourth-order valence-electron chi connectivity index (χ4n) is 10.4. The number of benzene rings is 2. The molecule has 2 aromatic carbocycles. The number of aromatic nitrogens is 1. The van der Waals surface area contributed by atoms with Crippen LogP contribution in [0.2, 0.25) is 0 Å². The second-order valence-corrected chi connectivity index (χ2v) is 15.4. The van der Waals surface area contributed by atoms with E-state index >= 15 is 0 Å². The predicted molar refractivity (Wildman–Crippen MR) is 189 cm³/mol. The lowest BCUT2D eigenvalue weighted by atomic mass is 9.53. The molecule has 8 heteroatoms.